The SMILES string of the molecule is COc1ccc(NC(=O)C2CSCN2)cc1OCC(=O)NC1CC1.Cl. The molecular formula is C16H22ClN3O4S. The minimum atomic E-state index is -0.189. The predicted octanol–water partition coefficient (Wildman–Crippen LogP) is 1.38. The van der Waals surface area contributed by atoms with Crippen LogP contribution in [-0.2, 0) is 9.59 Å². The lowest BCUT2D eigenvalue weighted by Crippen LogP contribution is -2.37. The van der Waals surface area contributed by atoms with E-state index in [1.165, 1.54) is 7.11 Å². The van der Waals surface area contributed by atoms with Gasteiger partial charge in [0.1, 0.15) is 0 Å². The first kappa shape index (κ1) is 19.7. The van der Waals surface area contributed by atoms with E-state index in [0.29, 0.717) is 23.2 Å². The van der Waals surface area contributed by atoms with Gasteiger partial charge in [-0.2, -0.15) is 0 Å². The first-order valence-electron chi connectivity index (χ1n) is 7.88. The number of amides is 2. The smallest absolute Gasteiger partial charge is 0.258 e. The zero-order valence-corrected chi connectivity index (χ0v) is 15.5. The molecule has 2 fully saturated rings. The topological polar surface area (TPSA) is 88.7 Å². The van der Waals surface area contributed by atoms with Crippen molar-refractivity contribution >= 4 is 41.7 Å². The molecule has 0 spiro atoms. The second kappa shape index (κ2) is 9.17. The van der Waals surface area contributed by atoms with Crippen LogP contribution in [0.3, 0.4) is 0 Å². The average molecular weight is 388 g/mol. The number of thioether (sulfide) groups is 1. The van der Waals surface area contributed by atoms with Crippen molar-refractivity contribution in [1.29, 1.82) is 0 Å². The van der Waals surface area contributed by atoms with Crippen LogP contribution in [0.2, 0.25) is 0 Å². The molecule has 1 aliphatic heterocycles. The second-order valence-electron chi connectivity index (χ2n) is 5.76. The Kier molecular flexibility index (Phi) is 7.22. The fourth-order valence-corrected chi connectivity index (χ4v) is 3.24. The van der Waals surface area contributed by atoms with Crippen molar-refractivity contribution in [2.75, 3.05) is 30.7 Å². The minimum absolute atomic E-state index is 0. The number of hydrogen-bond donors (Lipinski definition) is 3. The van der Waals surface area contributed by atoms with Crippen molar-refractivity contribution in [3.05, 3.63) is 18.2 Å². The van der Waals surface area contributed by atoms with E-state index in [2.05, 4.69) is 16.0 Å². The van der Waals surface area contributed by atoms with Crippen molar-refractivity contribution in [3.8, 4) is 11.5 Å². The summed E-state index contributed by atoms with van der Waals surface area (Å²) in [4.78, 5) is 23.9. The summed E-state index contributed by atoms with van der Waals surface area (Å²) >= 11 is 1.69. The number of carbonyl (C=O) groups excluding carboxylic acids is 2. The molecule has 3 N–H and O–H groups in total. The lowest BCUT2D eigenvalue weighted by Gasteiger charge is -2.14. The molecule has 0 aromatic heterocycles. The number of ether oxygens (including phenoxy) is 2. The number of nitrogens with one attached hydrogen (secondary N) is 3. The maximum atomic E-state index is 12.2. The van der Waals surface area contributed by atoms with Crippen molar-refractivity contribution in [3.63, 3.8) is 0 Å². The number of benzene rings is 1. The van der Waals surface area contributed by atoms with Gasteiger partial charge in [0, 0.05) is 29.4 Å². The highest BCUT2D eigenvalue weighted by atomic mass is 35.5. The fraction of sp³-hybridized carbons (Fsp3) is 0.500. The monoisotopic (exact) mass is 387 g/mol. The zero-order valence-electron chi connectivity index (χ0n) is 13.9. The molecule has 138 valence electrons. The third kappa shape index (κ3) is 5.69. The number of methoxy groups -OCH3 is 1. The second-order valence-corrected chi connectivity index (χ2v) is 6.79. The molecule has 1 unspecified atom stereocenters. The molecule has 1 aliphatic carbocycles. The van der Waals surface area contributed by atoms with Crippen LogP contribution >= 0.6 is 24.2 Å². The Labute approximate surface area is 157 Å². The van der Waals surface area contributed by atoms with Crippen LogP contribution in [0.4, 0.5) is 5.69 Å². The third-order valence-corrected chi connectivity index (χ3v) is 4.71. The van der Waals surface area contributed by atoms with Gasteiger partial charge in [-0.1, -0.05) is 0 Å². The number of rotatable bonds is 7. The Balaban J connectivity index is 0.00000225. The van der Waals surface area contributed by atoms with Crippen molar-refractivity contribution in [1.82, 2.24) is 10.6 Å². The fourth-order valence-electron chi connectivity index (χ4n) is 2.30. The molecule has 1 saturated carbocycles. The summed E-state index contributed by atoms with van der Waals surface area (Å²) in [5, 5.41) is 8.83. The van der Waals surface area contributed by atoms with Gasteiger partial charge in [-0.15, -0.1) is 24.2 Å². The normalized spacial score (nSPS) is 18.8. The molecule has 25 heavy (non-hydrogen) atoms. The van der Waals surface area contributed by atoms with E-state index in [9.17, 15) is 9.59 Å². The highest BCUT2D eigenvalue weighted by Gasteiger charge is 2.24. The highest BCUT2D eigenvalue weighted by Crippen LogP contribution is 2.30. The van der Waals surface area contributed by atoms with E-state index >= 15 is 0 Å². The van der Waals surface area contributed by atoms with E-state index in [4.69, 9.17) is 9.47 Å². The largest absolute Gasteiger partial charge is 0.493 e. The van der Waals surface area contributed by atoms with Crippen LogP contribution < -0.4 is 25.4 Å². The lowest BCUT2D eigenvalue weighted by molar-refractivity contribution is -0.123. The Hall–Kier alpha value is -1.64. The van der Waals surface area contributed by atoms with Crippen LogP contribution in [0.15, 0.2) is 18.2 Å². The van der Waals surface area contributed by atoms with Crippen molar-refractivity contribution < 1.29 is 19.1 Å². The molecule has 0 bridgehead atoms. The van der Waals surface area contributed by atoms with Gasteiger partial charge in [0.25, 0.3) is 5.91 Å². The van der Waals surface area contributed by atoms with Gasteiger partial charge in [0.15, 0.2) is 18.1 Å². The third-order valence-electron chi connectivity index (χ3n) is 3.77. The summed E-state index contributed by atoms with van der Waals surface area (Å²) in [7, 11) is 1.53. The lowest BCUT2D eigenvalue weighted by atomic mass is 10.2. The van der Waals surface area contributed by atoms with Gasteiger partial charge >= 0.3 is 0 Å². The summed E-state index contributed by atoms with van der Waals surface area (Å²) in [5.41, 5.74) is 0.608. The van der Waals surface area contributed by atoms with Gasteiger partial charge in [-0.3, -0.25) is 14.9 Å². The molecular weight excluding hydrogens is 366 g/mol. The van der Waals surface area contributed by atoms with Gasteiger partial charge in [0.2, 0.25) is 5.91 Å². The van der Waals surface area contributed by atoms with Gasteiger partial charge in [0.05, 0.1) is 13.2 Å². The van der Waals surface area contributed by atoms with Crippen LogP contribution in [-0.4, -0.2) is 49.2 Å². The Morgan fingerprint density at radius 1 is 1.32 bits per heavy atom. The first-order chi connectivity index (χ1) is 11.7. The molecule has 1 aromatic carbocycles. The molecule has 0 radical (unpaired) electrons. The van der Waals surface area contributed by atoms with Gasteiger partial charge in [-0.25, -0.2) is 0 Å². The molecule has 2 aliphatic rings. The first-order valence-corrected chi connectivity index (χ1v) is 9.03. The molecule has 1 atom stereocenters. The number of carbonyl (C=O) groups is 2. The predicted molar refractivity (Wildman–Crippen MR) is 99.8 cm³/mol. The number of anilines is 1. The molecule has 7 nitrogen and oxygen atoms in total. The summed E-state index contributed by atoms with van der Waals surface area (Å²) < 4.78 is 10.8. The van der Waals surface area contributed by atoms with E-state index in [1.54, 1.807) is 30.0 Å². The van der Waals surface area contributed by atoms with Gasteiger partial charge < -0.3 is 20.1 Å². The maximum Gasteiger partial charge on any atom is 0.258 e. The minimum Gasteiger partial charge on any atom is -0.493 e. The standard InChI is InChI=1S/C16H21N3O4S.ClH/c1-22-13-5-4-11(19-16(21)12-8-24-9-17-12)6-14(13)23-7-15(20)18-10-2-3-10;/h4-6,10,12,17H,2-3,7-9H2,1H3,(H,18,20)(H,19,21);1H. The van der Waals surface area contributed by atoms with Crippen molar-refractivity contribution in [2.45, 2.75) is 24.9 Å². The molecule has 9 heteroatoms. The molecule has 1 heterocycles. The van der Waals surface area contributed by atoms with E-state index < -0.39 is 0 Å². The van der Waals surface area contributed by atoms with Crippen LogP contribution in [0.25, 0.3) is 0 Å². The Morgan fingerprint density at radius 2 is 2.12 bits per heavy atom. The Morgan fingerprint density at radius 3 is 2.76 bits per heavy atom. The van der Waals surface area contributed by atoms with Crippen molar-refractivity contribution in [2.24, 2.45) is 0 Å². The maximum absolute atomic E-state index is 12.2. The Bertz CT molecular complexity index is 621. The van der Waals surface area contributed by atoms with Gasteiger partial charge in [-0.05, 0) is 25.0 Å². The van der Waals surface area contributed by atoms with Crippen LogP contribution in [0, 0.1) is 0 Å². The van der Waals surface area contributed by atoms with E-state index in [0.717, 1.165) is 24.5 Å². The summed E-state index contributed by atoms with van der Waals surface area (Å²) in [5.74, 6) is 2.25. The number of hydrogen-bond acceptors (Lipinski definition) is 6. The molecule has 3 rings (SSSR count). The molecule has 2 amide bonds. The molecule has 1 aromatic rings. The van der Waals surface area contributed by atoms with Crippen LogP contribution in [0.5, 0.6) is 11.5 Å². The summed E-state index contributed by atoms with van der Waals surface area (Å²) in [6, 6.07) is 5.23. The van der Waals surface area contributed by atoms with Crippen LogP contribution in [0.1, 0.15) is 12.8 Å². The number of halogens is 1. The van der Waals surface area contributed by atoms with E-state index in [-0.39, 0.29) is 36.9 Å². The summed E-state index contributed by atoms with van der Waals surface area (Å²) in [6.07, 6.45) is 2.06. The average Bonchev–Trinajstić information content (AvgIpc) is 3.21. The quantitative estimate of drug-likeness (QED) is 0.655. The summed E-state index contributed by atoms with van der Waals surface area (Å²) in [6.45, 7) is -0.0783. The van der Waals surface area contributed by atoms with E-state index in [1.807, 2.05) is 0 Å². The highest BCUT2D eigenvalue weighted by molar-refractivity contribution is 7.99. The molecule has 1 saturated heterocycles. The zero-order chi connectivity index (χ0) is 16.9.